The van der Waals surface area contributed by atoms with E-state index < -0.39 is 0 Å². The van der Waals surface area contributed by atoms with Crippen LogP contribution in [0.4, 0.5) is 0 Å². The smallest absolute Gasteiger partial charge is 0.228 e. The fraction of sp³-hybridized carbons (Fsp3) is 0.923. The van der Waals surface area contributed by atoms with Crippen LogP contribution in [0, 0.1) is 10.8 Å². The molecule has 0 aromatic heterocycles. The van der Waals surface area contributed by atoms with Crippen molar-refractivity contribution in [3.63, 3.8) is 0 Å². The highest BCUT2D eigenvalue weighted by Gasteiger charge is 2.52. The number of carbonyl (C=O) groups is 1. The minimum absolute atomic E-state index is 0. The van der Waals surface area contributed by atoms with Crippen molar-refractivity contribution in [2.75, 3.05) is 19.6 Å². The van der Waals surface area contributed by atoms with Crippen LogP contribution in [0.5, 0.6) is 0 Å². The van der Waals surface area contributed by atoms with Gasteiger partial charge in [-0.25, -0.2) is 0 Å². The Morgan fingerprint density at radius 3 is 2.41 bits per heavy atom. The van der Waals surface area contributed by atoms with Crippen molar-refractivity contribution in [1.82, 2.24) is 4.90 Å². The minimum atomic E-state index is 0. The number of carbonyl (C=O) groups excluding carboxylic acids is 1. The summed E-state index contributed by atoms with van der Waals surface area (Å²) < 4.78 is 0. The molecule has 2 aliphatic rings. The second-order valence-corrected chi connectivity index (χ2v) is 6.02. The van der Waals surface area contributed by atoms with Crippen molar-refractivity contribution >= 4 is 18.3 Å². The molecule has 0 aromatic carbocycles. The molecule has 3 nitrogen and oxygen atoms in total. The Labute approximate surface area is 111 Å². The van der Waals surface area contributed by atoms with E-state index in [1.165, 1.54) is 0 Å². The fourth-order valence-corrected chi connectivity index (χ4v) is 2.90. The van der Waals surface area contributed by atoms with Gasteiger partial charge in [-0.1, -0.05) is 20.3 Å². The normalized spacial score (nSPS) is 29.9. The minimum Gasteiger partial charge on any atom is -0.342 e. The van der Waals surface area contributed by atoms with E-state index in [-0.39, 0.29) is 23.2 Å². The molecule has 1 saturated carbocycles. The number of hydrogen-bond acceptors (Lipinski definition) is 2. The Hall–Kier alpha value is -0.280. The van der Waals surface area contributed by atoms with Crippen molar-refractivity contribution in [3.05, 3.63) is 0 Å². The van der Waals surface area contributed by atoms with E-state index in [1.54, 1.807) is 0 Å². The molecule has 1 atom stereocenters. The van der Waals surface area contributed by atoms with Crippen LogP contribution in [-0.2, 0) is 4.79 Å². The second-order valence-electron chi connectivity index (χ2n) is 6.02. The first-order chi connectivity index (χ1) is 7.55. The molecule has 1 saturated heterocycles. The lowest BCUT2D eigenvalue weighted by atomic mass is 9.90. The van der Waals surface area contributed by atoms with Crippen molar-refractivity contribution in [2.24, 2.45) is 16.6 Å². The van der Waals surface area contributed by atoms with Gasteiger partial charge < -0.3 is 10.6 Å². The zero-order valence-electron chi connectivity index (χ0n) is 11.0. The van der Waals surface area contributed by atoms with E-state index in [0.29, 0.717) is 12.5 Å². The highest BCUT2D eigenvalue weighted by atomic mass is 35.5. The number of halogens is 1. The van der Waals surface area contributed by atoms with E-state index in [1.807, 2.05) is 0 Å². The van der Waals surface area contributed by atoms with Gasteiger partial charge in [0.25, 0.3) is 0 Å². The summed E-state index contributed by atoms with van der Waals surface area (Å²) in [4.78, 5) is 14.5. The predicted octanol–water partition coefficient (Wildman–Crippen LogP) is 2.19. The van der Waals surface area contributed by atoms with Gasteiger partial charge in [-0.2, -0.15) is 0 Å². The summed E-state index contributed by atoms with van der Waals surface area (Å²) in [5, 5.41) is 0. The number of amides is 1. The Bertz CT molecular complexity index is 291. The predicted molar refractivity (Wildman–Crippen MR) is 72.2 cm³/mol. The van der Waals surface area contributed by atoms with Gasteiger partial charge >= 0.3 is 0 Å². The monoisotopic (exact) mass is 260 g/mol. The largest absolute Gasteiger partial charge is 0.342 e. The molecule has 2 rings (SSSR count). The summed E-state index contributed by atoms with van der Waals surface area (Å²) in [6.45, 7) is 6.84. The molecule has 1 heterocycles. The van der Waals surface area contributed by atoms with Gasteiger partial charge in [-0.3, -0.25) is 4.79 Å². The third-order valence-corrected chi connectivity index (χ3v) is 4.37. The van der Waals surface area contributed by atoms with E-state index in [4.69, 9.17) is 5.73 Å². The van der Waals surface area contributed by atoms with E-state index in [9.17, 15) is 4.79 Å². The highest BCUT2D eigenvalue weighted by molar-refractivity contribution is 5.85. The summed E-state index contributed by atoms with van der Waals surface area (Å²) in [5.74, 6) is 0.409. The van der Waals surface area contributed by atoms with Gasteiger partial charge in [0, 0.05) is 18.5 Å². The first-order valence-electron chi connectivity index (χ1n) is 6.55. The topological polar surface area (TPSA) is 46.3 Å². The first-order valence-corrected chi connectivity index (χ1v) is 6.55. The third kappa shape index (κ3) is 2.76. The third-order valence-electron chi connectivity index (χ3n) is 4.37. The summed E-state index contributed by atoms with van der Waals surface area (Å²) in [6, 6.07) is 0. The van der Waals surface area contributed by atoms with Crippen LogP contribution in [0.25, 0.3) is 0 Å². The summed E-state index contributed by atoms with van der Waals surface area (Å²) in [6.07, 6.45) is 5.47. The zero-order valence-corrected chi connectivity index (χ0v) is 11.8. The molecule has 0 spiro atoms. The molecular weight excluding hydrogens is 236 g/mol. The Kier molecular flexibility index (Phi) is 4.48. The number of nitrogens with two attached hydrogens (primary N) is 1. The van der Waals surface area contributed by atoms with Gasteiger partial charge in [0.05, 0.1) is 0 Å². The van der Waals surface area contributed by atoms with Crippen LogP contribution < -0.4 is 5.73 Å². The molecule has 0 bridgehead atoms. The molecule has 0 radical (unpaired) electrons. The molecule has 2 fully saturated rings. The molecule has 1 amide bonds. The standard InChI is InChI=1S/C13H24N2O.ClH/c1-3-4-13(5-6-13)11(16)15-8-7-12(2,9-14)10-15;/h3-10,14H2,1-2H3;1H. The van der Waals surface area contributed by atoms with Crippen LogP contribution in [0.3, 0.4) is 0 Å². The second kappa shape index (κ2) is 5.15. The van der Waals surface area contributed by atoms with Crippen LogP contribution in [0.1, 0.15) is 46.0 Å². The maximum Gasteiger partial charge on any atom is 0.228 e. The molecule has 1 aliphatic carbocycles. The Morgan fingerprint density at radius 1 is 1.35 bits per heavy atom. The molecule has 100 valence electrons. The molecule has 1 aliphatic heterocycles. The molecular formula is C13H25ClN2O. The quantitative estimate of drug-likeness (QED) is 0.842. The summed E-state index contributed by atoms with van der Waals surface area (Å²) in [5.41, 5.74) is 5.98. The zero-order chi connectivity index (χ0) is 11.8. The maximum absolute atomic E-state index is 12.4. The number of hydrogen-bond donors (Lipinski definition) is 1. The molecule has 17 heavy (non-hydrogen) atoms. The molecule has 2 N–H and O–H groups in total. The van der Waals surface area contributed by atoms with Crippen molar-refractivity contribution in [1.29, 1.82) is 0 Å². The van der Waals surface area contributed by atoms with Crippen LogP contribution in [0.15, 0.2) is 0 Å². The van der Waals surface area contributed by atoms with Crippen molar-refractivity contribution in [3.8, 4) is 0 Å². The first kappa shape index (κ1) is 14.8. The van der Waals surface area contributed by atoms with Gasteiger partial charge in [0.2, 0.25) is 5.91 Å². The van der Waals surface area contributed by atoms with Gasteiger partial charge in [-0.05, 0) is 37.6 Å². The van der Waals surface area contributed by atoms with Crippen molar-refractivity contribution < 1.29 is 4.79 Å². The summed E-state index contributed by atoms with van der Waals surface area (Å²) in [7, 11) is 0. The maximum atomic E-state index is 12.4. The van der Waals surface area contributed by atoms with Gasteiger partial charge in [-0.15, -0.1) is 12.4 Å². The average molecular weight is 261 g/mol. The van der Waals surface area contributed by atoms with E-state index in [0.717, 1.165) is 45.2 Å². The SMILES string of the molecule is CCCC1(C(=O)N2CCC(C)(CN)C2)CC1.Cl. The summed E-state index contributed by atoms with van der Waals surface area (Å²) >= 11 is 0. The highest BCUT2D eigenvalue weighted by Crippen LogP contribution is 2.51. The fourth-order valence-electron chi connectivity index (χ4n) is 2.90. The average Bonchev–Trinajstić information content (AvgIpc) is 2.95. The molecule has 1 unspecified atom stereocenters. The lowest BCUT2D eigenvalue weighted by molar-refractivity contribution is -0.136. The van der Waals surface area contributed by atoms with Crippen molar-refractivity contribution in [2.45, 2.75) is 46.0 Å². The van der Waals surface area contributed by atoms with Gasteiger partial charge in [0.1, 0.15) is 0 Å². The van der Waals surface area contributed by atoms with E-state index >= 15 is 0 Å². The van der Waals surface area contributed by atoms with Crippen LogP contribution >= 0.6 is 12.4 Å². The van der Waals surface area contributed by atoms with Crippen LogP contribution in [0.2, 0.25) is 0 Å². The number of rotatable bonds is 4. The lowest BCUT2D eigenvalue weighted by Gasteiger charge is -2.25. The number of nitrogens with zero attached hydrogens (tertiary/aromatic N) is 1. The van der Waals surface area contributed by atoms with Crippen LogP contribution in [-0.4, -0.2) is 30.4 Å². The van der Waals surface area contributed by atoms with Gasteiger partial charge in [0.15, 0.2) is 0 Å². The molecule has 0 aromatic rings. The lowest BCUT2D eigenvalue weighted by Crippen LogP contribution is -2.38. The Balaban J connectivity index is 0.00000144. The van der Waals surface area contributed by atoms with E-state index in [2.05, 4.69) is 18.7 Å². The number of likely N-dealkylation sites (tertiary alicyclic amines) is 1. The Morgan fingerprint density at radius 2 is 2.00 bits per heavy atom. The molecule has 4 heteroatoms.